The van der Waals surface area contributed by atoms with E-state index < -0.39 is 0 Å². The normalized spacial score (nSPS) is 10.7. The number of nitrogens with zero attached hydrogens (tertiary/aromatic N) is 3. The summed E-state index contributed by atoms with van der Waals surface area (Å²) in [5.41, 5.74) is 2.32. The Kier molecular flexibility index (Phi) is 6.30. The van der Waals surface area contributed by atoms with E-state index in [1.54, 1.807) is 17.6 Å². The summed E-state index contributed by atoms with van der Waals surface area (Å²) in [7, 11) is 1.83. The zero-order chi connectivity index (χ0) is 20.1. The SMILES string of the molecule is Cc1cc(F)ccc1NC(=O)CSc1nnc(COc2ccccc2C)n1C. The van der Waals surface area contributed by atoms with Crippen molar-refractivity contribution in [3.8, 4) is 5.75 Å². The van der Waals surface area contributed by atoms with Crippen LogP contribution in [0.1, 0.15) is 17.0 Å². The fourth-order valence-corrected chi connectivity index (χ4v) is 3.27. The Bertz CT molecular complexity index is 990. The number of hydrogen-bond acceptors (Lipinski definition) is 5. The molecule has 1 amide bonds. The number of ether oxygens (including phenoxy) is 1. The Morgan fingerprint density at radius 2 is 1.96 bits per heavy atom. The van der Waals surface area contributed by atoms with Crippen LogP contribution in [0.2, 0.25) is 0 Å². The number of para-hydroxylation sites is 1. The average Bonchev–Trinajstić information content (AvgIpc) is 3.01. The maximum Gasteiger partial charge on any atom is 0.234 e. The largest absolute Gasteiger partial charge is 0.485 e. The molecule has 3 rings (SSSR count). The first-order valence-corrected chi connectivity index (χ1v) is 9.68. The molecule has 0 aliphatic heterocycles. The molecule has 146 valence electrons. The molecule has 0 aliphatic carbocycles. The van der Waals surface area contributed by atoms with Crippen molar-refractivity contribution in [1.29, 1.82) is 0 Å². The molecule has 0 unspecified atom stereocenters. The van der Waals surface area contributed by atoms with Crippen molar-refractivity contribution in [3.05, 3.63) is 65.2 Å². The van der Waals surface area contributed by atoms with Crippen molar-refractivity contribution in [3.63, 3.8) is 0 Å². The van der Waals surface area contributed by atoms with E-state index in [-0.39, 0.29) is 24.1 Å². The van der Waals surface area contributed by atoms with Gasteiger partial charge < -0.3 is 14.6 Å². The number of anilines is 1. The number of thioether (sulfide) groups is 1. The van der Waals surface area contributed by atoms with Crippen LogP contribution in [-0.2, 0) is 18.4 Å². The number of halogens is 1. The Morgan fingerprint density at radius 1 is 1.18 bits per heavy atom. The van der Waals surface area contributed by atoms with Crippen LogP contribution < -0.4 is 10.1 Å². The van der Waals surface area contributed by atoms with E-state index in [4.69, 9.17) is 4.74 Å². The van der Waals surface area contributed by atoms with Crippen LogP contribution in [0.5, 0.6) is 5.75 Å². The maximum absolute atomic E-state index is 13.1. The number of hydrogen-bond donors (Lipinski definition) is 1. The number of aryl methyl sites for hydroxylation is 2. The lowest BCUT2D eigenvalue weighted by molar-refractivity contribution is -0.113. The lowest BCUT2D eigenvalue weighted by Gasteiger charge is -2.09. The van der Waals surface area contributed by atoms with Crippen molar-refractivity contribution in [2.24, 2.45) is 7.05 Å². The molecule has 0 fully saturated rings. The predicted molar refractivity (Wildman–Crippen MR) is 107 cm³/mol. The third-order valence-electron chi connectivity index (χ3n) is 4.17. The Hall–Kier alpha value is -2.87. The summed E-state index contributed by atoms with van der Waals surface area (Å²) in [6.07, 6.45) is 0. The van der Waals surface area contributed by atoms with Crippen LogP contribution in [-0.4, -0.2) is 26.4 Å². The van der Waals surface area contributed by atoms with Gasteiger partial charge in [-0.2, -0.15) is 0 Å². The Morgan fingerprint density at radius 3 is 2.71 bits per heavy atom. The number of benzene rings is 2. The highest BCUT2D eigenvalue weighted by Gasteiger charge is 2.13. The zero-order valence-electron chi connectivity index (χ0n) is 15.9. The van der Waals surface area contributed by atoms with Gasteiger partial charge in [0.15, 0.2) is 11.0 Å². The number of carbonyl (C=O) groups is 1. The van der Waals surface area contributed by atoms with E-state index in [0.29, 0.717) is 22.2 Å². The molecule has 1 heterocycles. The molecule has 1 aromatic heterocycles. The number of aromatic nitrogens is 3. The summed E-state index contributed by atoms with van der Waals surface area (Å²) in [6, 6.07) is 12.0. The number of amides is 1. The summed E-state index contributed by atoms with van der Waals surface area (Å²) >= 11 is 1.28. The molecule has 28 heavy (non-hydrogen) atoms. The van der Waals surface area contributed by atoms with Gasteiger partial charge in [-0.05, 0) is 49.2 Å². The second kappa shape index (κ2) is 8.88. The lowest BCUT2D eigenvalue weighted by atomic mass is 10.2. The molecule has 1 N–H and O–H groups in total. The summed E-state index contributed by atoms with van der Waals surface area (Å²) in [5, 5.41) is 11.7. The highest BCUT2D eigenvalue weighted by Crippen LogP contribution is 2.21. The molecule has 0 atom stereocenters. The van der Waals surface area contributed by atoms with Crippen molar-refractivity contribution >= 4 is 23.4 Å². The van der Waals surface area contributed by atoms with Gasteiger partial charge in [-0.15, -0.1) is 10.2 Å². The average molecular weight is 400 g/mol. The van der Waals surface area contributed by atoms with E-state index in [0.717, 1.165) is 11.3 Å². The maximum atomic E-state index is 13.1. The van der Waals surface area contributed by atoms with E-state index in [2.05, 4.69) is 15.5 Å². The van der Waals surface area contributed by atoms with Crippen LogP contribution in [0.25, 0.3) is 0 Å². The number of nitrogens with one attached hydrogen (secondary N) is 1. The van der Waals surface area contributed by atoms with E-state index >= 15 is 0 Å². The molecule has 0 aliphatic rings. The molecule has 3 aromatic rings. The molecule has 0 bridgehead atoms. The van der Waals surface area contributed by atoms with Crippen molar-refractivity contribution in [1.82, 2.24) is 14.8 Å². The van der Waals surface area contributed by atoms with Crippen molar-refractivity contribution in [2.75, 3.05) is 11.1 Å². The van der Waals surface area contributed by atoms with Gasteiger partial charge in [-0.25, -0.2) is 4.39 Å². The van der Waals surface area contributed by atoms with Crippen LogP contribution in [0.3, 0.4) is 0 Å². The Balaban J connectivity index is 1.55. The molecule has 6 nitrogen and oxygen atoms in total. The summed E-state index contributed by atoms with van der Waals surface area (Å²) < 4.78 is 20.8. The lowest BCUT2D eigenvalue weighted by Crippen LogP contribution is -2.15. The second-order valence-electron chi connectivity index (χ2n) is 6.31. The minimum atomic E-state index is -0.329. The zero-order valence-corrected chi connectivity index (χ0v) is 16.7. The van der Waals surface area contributed by atoms with Gasteiger partial charge in [-0.1, -0.05) is 30.0 Å². The standard InChI is InChI=1S/C20H21FN4O2S/c1-13-6-4-5-7-17(13)27-11-18-23-24-20(25(18)3)28-12-19(26)22-16-9-8-15(21)10-14(16)2/h4-10H,11-12H2,1-3H3,(H,22,26). The van der Waals surface area contributed by atoms with Gasteiger partial charge >= 0.3 is 0 Å². The first kappa shape index (κ1) is 19.9. The quantitative estimate of drug-likeness (QED) is 0.610. The smallest absolute Gasteiger partial charge is 0.234 e. The fourth-order valence-electron chi connectivity index (χ4n) is 2.54. The second-order valence-corrected chi connectivity index (χ2v) is 7.25. The fraction of sp³-hybridized carbons (Fsp3) is 0.250. The third-order valence-corrected chi connectivity index (χ3v) is 5.19. The first-order valence-electron chi connectivity index (χ1n) is 8.69. The van der Waals surface area contributed by atoms with Gasteiger partial charge in [-0.3, -0.25) is 4.79 Å². The van der Waals surface area contributed by atoms with Gasteiger partial charge in [0, 0.05) is 12.7 Å². The molecular weight excluding hydrogens is 379 g/mol. The van der Waals surface area contributed by atoms with Crippen LogP contribution >= 0.6 is 11.8 Å². The van der Waals surface area contributed by atoms with Crippen LogP contribution in [0.4, 0.5) is 10.1 Å². The van der Waals surface area contributed by atoms with Gasteiger partial charge in [0.25, 0.3) is 0 Å². The van der Waals surface area contributed by atoms with Crippen molar-refractivity contribution < 1.29 is 13.9 Å². The minimum absolute atomic E-state index is 0.168. The molecular formula is C20H21FN4O2S. The highest BCUT2D eigenvalue weighted by molar-refractivity contribution is 7.99. The molecule has 0 saturated carbocycles. The van der Waals surface area contributed by atoms with E-state index in [1.807, 2.05) is 38.2 Å². The third kappa shape index (κ3) is 4.89. The topological polar surface area (TPSA) is 69.0 Å². The summed E-state index contributed by atoms with van der Waals surface area (Å²) in [5.74, 6) is 1.11. The number of carbonyl (C=O) groups excluding carboxylic acids is 1. The van der Waals surface area contributed by atoms with Crippen LogP contribution in [0.15, 0.2) is 47.6 Å². The van der Waals surface area contributed by atoms with Gasteiger partial charge in [0.05, 0.1) is 5.75 Å². The predicted octanol–water partition coefficient (Wildman–Crippen LogP) is 3.88. The molecule has 0 saturated heterocycles. The summed E-state index contributed by atoms with van der Waals surface area (Å²) in [4.78, 5) is 12.2. The van der Waals surface area contributed by atoms with E-state index in [1.165, 1.54) is 23.9 Å². The first-order chi connectivity index (χ1) is 13.4. The minimum Gasteiger partial charge on any atom is -0.485 e. The Labute approximate surface area is 167 Å². The van der Waals surface area contributed by atoms with Gasteiger partial charge in [0.2, 0.25) is 5.91 Å². The monoisotopic (exact) mass is 400 g/mol. The summed E-state index contributed by atoms with van der Waals surface area (Å²) in [6.45, 7) is 4.01. The number of rotatable bonds is 7. The van der Waals surface area contributed by atoms with Gasteiger partial charge in [0.1, 0.15) is 18.2 Å². The van der Waals surface area contributed by atoms with Crippen LogP contribution in [0, 0.1) is 19.7 Å². The molecule has 0 spiro atoms. The highest BCUT2D eigenvalue weighted by atomic mass is 32.2. The molecule has 2 aromatic carbocycles. The molecule has 8 heteroatoms. The van der Waals surface area contributed by atoms with E-state index in [9.17, 15) is 9.18 Å². The molecule has 0 radical (unpaired) electrons. The van der Waals surface area contributed by atoms with Crippen molar-refractivity contribution in [2.45, 2.75) is 25.6 Å².